The second kappa shape index (κ2) is 7.84. The minimum absolute atomic E-state index is 1.27. The first kappa shape index (κ1) is 13.5. The summed E-state index contributed by atoms with van der Waals surface area (Å²) in [5, 5.41) is 0. The molecule has 0 fully saturated rings. The summed E-state index contributed by atoms with van der Waals surface area (Å²) in [6.45, 7) is 11.1. The van der Waals surface area contributed by atoms with E-state index in [1.54, 1.807) is 5.57 Å². The molecule has 0 saturated carbocycles. The molecule has 0 saturated heterocycles. The fraction of sp³-hybridized carbons (Fsp3) is 0.714. The first-order valence-electron chi connectivity index (χ1n) is 5.89. The van der Waals surface area contributed by atoms with Gasteiger partial charge in [-0.1, -0.05) is 49.0 Å². The van der Waals surface area contributed by atoms with Gasteiger partial charge in [-0.3, -0.25) is 0 Å². The summed E-state index contributed by atoms with van der Waals surface area (Å²) in [4.78, 5) is 0. The molecular weight excluding hydrogens is 168 g/mol. The molecule has 0 heteroatoms. The third kappa shape index (κ3) is 6.94. The summed E-state index contributed by atoms with van der Waals surface area (Å²) in [6, 6.07) is 0. The lowest BCUT2D eigenvalue weighted by molar-refractivity contribution is 0.663. The Morgan fingerprint density at radius 2 is 1.57 bits per heavy atom. The van der Waals surface area contributed by atoms with E-state index in [0.29, 0.717) is 0 Å². The van der Waals surface area contributed by atoms with Gasteiger partial charge >= 0.3 is 0 Å². The van der Waals surface area contributed by atoms with Gasteiger partial charge in [0.2, 0.25) is 0 Å². The molecule has 0 atom stereocenters. The lowest BCUT2D eigenvalue weighted by Gasteiger charge is -2.04. The largest absolute Gasteiger partial charge is 0.0762 e. The quantitative estimate of drug-likeness (QED) is 0.399. The van der Waals surface area contributed by atoms with Crippen molar-refractivity contribution in [2.75, 3.05) is 0 Å². The molecule has 0 bridgehead atoms. The van der Waals surface area contributed by atoms with Crippen LogP contribution in [0.3, 0.4) is 0 Å². The number of unbranched alkanes of at least 4 members (excludes halogenated alkanes) is 3. The third-order valence-electron chi connectivity index (χ3n) is 2.58. The highest BCUT2D eigenvalue weighted by Crippen LogP contribution is 2.15. The van der Waals surface area contributed by atoms with Crippen molar-refractivity contribution in [2.45, 2.75) is 66.7 Å². The topological polar surface area (TPSA) is 0 Å². The molecule has 0 aromatic heterocycles. The number of hydrogen-bond donors (Lipinski definition) is 0. The molecule has 14 heavy (non-hydrogen) atoms. The maximum atomic E-state index is 2.29. The fourth-order valence-electron chi connectivity index (χ4n) is 1.57. The highest BCUT2D eigenvalue weighted by Gasteiger charge is 1.95. The van der Waals surface area contributed by atoms with Gasteiger partial charge in [-0.2, -0.15) is 0 Å². The summed E-state index contributed by atoms with van der Waals surface area (Å²) >= 11 is 0. The molecule has 0 aliphatic carbocycles. The maximum Gasteiger partial charge on any atom is -0.0317 e. The van der Waals surface area contributed by atoms with Crippen molar-refractivity contribution in [1.82, 2.24) is 0 Å². The predicted molar refractivity (Wildman–Crippen MR) is 66.6 cm³/mol. The van der Waals surface area contributed by atoms with Crippen LogP contribution in [0.15, 0.2) is 22.8 Å². The van der Waals surface area contributed by atoms with Crippen LogP contribution in [0.1, 0.15) is 66.7 Å². The Labute approximate surface area is 90.1 Å². The standard InChI is InChI=1S/C14H26/c1-6-7-8-9-10-13(4)14(5)11-12(2)3/h11H,6-10H2,1-5H3/b14-13+. The summed E-state index contributed by atoms with van der Waals surface area (Å²) in [5.41, 5.74) is 4.42. The molecule has 0 spiro atoms. The minimum Gasteiger partial charge on any atom is -0.0762 e. The zero-order valence-corrected chi connectivity index (χ0v) is 10.6. The molecule has 0 heterocycles. The summed E-state index contributed by atoms with van der Waals surface area (Å²) in [7, 11) is 0. The van der Waals surface area contributed by atoms with E-state index in [1.165, 1.54) is 43.3 Å². The van der Waals surface area contributed by atoms with Gasteiger partial charge in [0.15, 0.2) is 0 Å². The second-order valence-electron chi connectivity index (χ2n) is 4.50. The van der Waals surface area contributed by atoms with Gasteiger partial charge in [0.25, 0.3) is 0 Å². The summed E-state index contributed by atoms with van der Waals surface area (Å²) < 4.78 is 0. The van der Waals surface area contributed by atoms with E-state index in [0.717, 1.165) is 0 Å². The van der Waals surface area contributed by atoms with Gasteiger partial charge in [0.1, 0.15) is 0 Å². The van der Waals surface area contributed by atoms with Crippen LogP contribution in [0.2, 0.25) is 0 Å². The average molecular weight is 194 g/mol. The maximum absolute atomic E-state index is 2.29. The van der Waals surface area contributed by atoms with Crippen molar-refractivity contribution in [3.8, 4) is 0 Å². The first-order chi connectivity index (χ1) is 6.57. The van der Waals surface area contributed by atoms with Crippen LogP contribution in [0.5, 0.6) is 0 Å². The van der Waals surface area contributed by atoms with Crippen LogP contribution in [0, 0.1) is 0 Å². The monoisotopic (exact) mass is 194 g/mol. The van der Waals surface area contributed by atoms with E-state index < -0.39 is 0 Å². The molecule has 0 N–H and O–H groups in total. The molecule has 0 aliphatic rings. The third-order valence-corrected chi connectivity index (χ3v) is 2.58. The lowest BCUT2D eigenvalue weighted by Crippen LogP contribution is -1.84. The van der Waals surface area contributed by atoms with Gasteiger partial charge in [0.05, 0.1) is 0 Å². The van der Waals surface area contributed by atoms with E-state index >= 15 is 0 Å². The molecule has 0 amide bonds. The number of rotatable bonds is 6. The van der Waals surface area contributed by atoms with Crippen LogP contribution in [-0.4, -0.2) is 0 Å². The Morgan fingerprint density at radius 3 is 2.07 bits per heavy atom. The van der Waals surface area contributed by atoms with Gasteiger partial charge in [-0.15, -0.1) is 0 Å². The number of allylic oxidation sites excluding steroid dienone is 4. The highest BCUT2D eigenvalue weighted by molar-refractivity contribution is 5.24. The van der Waals surface area contributed by atoms with Crippen LogP contribution in [-0.2, 0) is 0 Å². The highest BCUT2D eigenvalue weighted by atomic mass is 14.0. The van der Waals surface area contributed by atoms with E-state index in [9.17, 15) is 0 Å². The fourth-order valence-corrected chi connectivity index (χ4v) is 1.57. The van der Waals surface area contributed by atoms with E-state index in [-0.39, 0.29) is 0 Å². The van der Waals surface area contributed by atoms with E-state index in [4.69, 9.17) is 0 Å². The minimum atomic E-state index is 1.27. The molecule has 0 unspecified atom stereocenters. The molecule has 0 rings (SSSR count). The Kier molecular flexibility index (Phi) is 7.55. The predicted octanol–water partition coefficient (Wildman–Crippen LogP) is 5.26. The van der Waals surface area contributed by atoms with Crippen molar-refractivity contribution in [3.05, 3.63) is 22.8 Å². The molecule has 0 aliphatic heterocycles. The molecule has 0 radical (unpaired) electrons. The zero-order valence-electron chi connectivity index (χ0n) is 10.6. The van der Waals surface area contributed by atoms with Crippen molar-refractivity contribution >= 4 is 0 Å². The second-order valence-corrected chi connectivity index (χ2v) is 4.50. The van der Waals surface area contributed by atoms with Crippen molar-refractivity contribution in [2.24, 2.45) is 0 Å². The SMILES string of the molecule is CCCCCC/C(C)=C(\C)C=C(C)C. The zero-order chi connectivity index (χ0) is 11.0. The summed E-state index contributed by atoms with van der Waals surface area (Å²) in [6.07, 6.45) is 9.01. The molecule has 0 aromatic rings. The van der Waals surface area contributed by atoms with Gasteiger partial charge in [0, 0.05) is 0 Å². The lowest BCUT2D eigenvalue weighted by atomic mass is 10.0. The Morgan fingerprint density at radius 1 is 0.929 bits per heavy atom. The van der Waals surface area contributed by atoms with Crippen molar-refractivity contribution in [3.63, 3.8) is 0 Å². The molecule has 0 aromatic carbocycles. The first-order valence-corrected chi connectivity index (χ1v) is 5.89. The van der Waals surface area contributed by atoms with Crippen LogP contribution in [0.25, 0.3) is 0 Å². The van der Waals surface area contributed by atoms with Crippen LogP contribution < -0.4 is 0 Å². The molecule has 82 valence electrons. The van der Waals surface area contributed by atoms with Gasteiger partial charge < -0.3 is 0 Å². The van der Waals surface area contributed by atoms with Gasteiger partial charge in [-0.05, 0) is 40.5 Å². The normalized spacial score (nSPS) is 12.4. The van der Waals surface area contributed by atoms with Crippen molar-refractivity contribution < 1.29 is 0 Å². The smallest absolute Gasteiger partial charge is 0.0317 e. The summed E-state index contributed by atoms with van der Waals surface area (Å²) in [5.74, 6) is 0. The average Bonchev–Trinajstić information content (AvgIpc) is 2.11. The van der Waals surface area contributed by atoms with E-state index in [2.05, 4.69) is 40.7 Å². The Balaban J connectivity index is 3.92. The van der Waals surface area contributed by atoms with Crippen molar-refractivity contribution in [1.29, 1.82) is 0 Å². The Hall–Kier alpha value is -0.520. The molecular formula is C14H26. The van der Waals surface area contributed by atoms with Crippen LogP contribution >= 0.6 is 0 Å². The van der Waals surface area contributed by atoms with Gasteiger partial charge in [-0.25, -0.2) is 0 Å². The van der Waals surface area contributed by atoms with E-state index in [1.807, 2.05) is 0 Å². The number of hydrogen-bond acceptors (Lipinski definition) is 0. The van der Waals surface area contributed by atoms with Crippen LogP contribution in [0.4, 0.5) is 0 Å². The molecule has 0 nitrogen and oxygen atoms in total. The Bertz CT molecular complexity index is 202.